The van der Waals surface area contributed by atoms with Gasteiger partial charge in [-0.25, -0.2) is 0 Å². The Bertz CT molecular complexity index is 421. The van der Waals surface area contributed by atoms with Gasteiger partial charge in [0.25, 0.3) is 0 Å². The van der Waals surface area contributed by atoms with Gasteiger partial charge in [0.1, 0.15) is 0 Å². The Morgan fingerprint density at radius 1 is 1.22 bits per heavy atom. The van der Waals surface area contributed by atoms with Crippen LogP contribution in [0.15, 0.2) is 29.2 Å². The Morgan fingerprint density at radius 3 is 2.28 bits per heavy atom. The van der Waals surface area contributed by atoms with Gasteiger partial charge in [0.15, 0.2) is 0 Å². The van der Waals surface area contributed by atoms with E-state index in [0.29, 0.717) is 5.41 Å². The Balaban J connectivity index is 1.91. The molecule has 2 nitrogen and oxygen atoms in total. The maximum atomic E-state index is 5.59. The van der Waals surface area contributed by atoms with Gasteiger partial charge < -0.3 is 10.1 Å². The van der Waals surface area contributed by atoms with Gasteiger partial charge in [-0.05, 0) is 49.3 Å². The molecule has 1 aliphatic carbocycles. The fourth-order valence-corrected chi connectivity index (χ4v) is 3.72. The van der Waals surface area contributed by atoms with Crippen LogP contribution >= 0.6 is 11.8 Å². The Hall–Kier alpha value is -0.510. The van der Waals surface area contributed by atoms with Gasteiger partial charge in [0.05, 0.1) is 13.2 Å². The molecule has 1 N–H and O–H groups in total. The van der Waals surface area contributed by atoms with Crippen molar-refractivity contribution in [1.29, 1.82) is 0 Å². The van der Waals surface area contributed by atoms with Gasteiger partial charge in [-0.3, -0.25) is 0 Å². The number of benzene rings is 1. The zero-order chi connectivity index (χ0) is 12.6. The molecule has 1 aromatic carbocycles. The van der Waals surface area contributed by atoms with Crippen molar-refractivity contribution in [2.75, 3.05) is 33.1 Å². The number of hydrogen-bond acceptors (Lipinski definition) is 3. The van der Waals surface area contributed by atoms with Gasteiger partial charge in [0, 0.05) is 16.9 Å². The molecule has 0 aromatic heterocycles. The first-order valence-electron chi connectivity index (χ1n) is 6.63. The van der Waals surface area contributed by atoms with Crippen molar-refractivity contribution in [3.05, 3.63) is 29.8 Å². The first kappa shape index (κ1) is 12.5. The second kappa shape index (κ2) is 4.55. The summed E-state index contributed by atoms with van der Waals surface area (Å²) in [4.78, 5) is 1.34. The van der Waals surface area contributed by atoms with E-state index in [2.05, 4.69) is 42.9 Å². The molecule has 1 saturated carbocycles. The highest BCUT2D eigenvalue weighted by atomic mass is 32.2. The topological polar surface area (TPSA) is 21.3 Å². The van der Waals surface area contributed by atoms with Gasteiger partial charge in [-0.2, -0.15) is 0 Å². The number of ether oxygens (including phenoxy) is 1. The standard InChI is InChI=1S/C15H21NOS/c1-16-9-14(7-8-14)15(10-17-11-15)12-3-5-13(18-2)6-4-12/h3-6,16H,7-11H2,1-2H3. The van der Waals surface area contributed by atoms with Crippen molar-refractivity contribution < 1.29 is 4.74 Å². The monoisotopic (exact) mass is 263 g/mol. The first-order valence-corrected chi connectivity index (χ1v) is 7.86. The molecular formula is C15H21NOS. The average molecular weight is 263 g/mol. The molecule has 0 bridgehead atoms. The lowest BCUT2D eigenvalue weighted by molar-refractivity contribution is -0.0986. The van der Waals surface area contributed by atoms with E-state index >= 15 is 0 Å². The minimum absolute atomic E-state index is 0.271. The molecule has 1 heterocycles. The van der Waals surface area contributed by atoms with E-state index in [1.165, 1.54) is 23.3 Å². The Kier molecular flexibility index (Phi) is 3.16. The summed E-state index contributed by atoms with van der Waals surface area (Å²) >= 11 is 1.80. The van der Waals surface area contributed by atoms with Crippen LogP contribution in [0.2, 0.25) is 0 Å². The van der Waals surface area contributed by atoms with E-state index in [4.69, 9.17) is 4.74 Å². The third kappa shape index (κ3) is 1.72. The lowest BCUT2D eigenvalue weighted by Gasteiger charge is -2.48. The van der Waals surface area contributed by atoms with Gasteiger partial charge in [0.2, 0.25) is 0 Å². The van der Waals surface area contributed by atoms with E-state index in [-0.39, 0.29) is 5.41 Å². The molecule has 0 unspecified atom stereocenters. The van der Waals surface area contributed by atoms with Crippen LogP contribution in [0, 0.1) is 5.41 Å². The summed E-state index contributed by atoms with van der Waals surface area (Å²) in [7, 11) is 2.06. The van der Waals surface area contributed by atoms with Crippen molar-refractivity contribution in [3.8, 4) is 0 Å². The Labute approximate surface area is 113 Å². The maximum Gasteiger partial charge on any atom is 0.0591 e. The summed E-state index contributed by atoms with van der Waals surface area (Å²) in [5.41, 5.74) is 2.19. The van der Waals surface area contributed by atoms with Crippen molar-refractivity contribution in [3.63, 3.8) is 0 Å². The largest absolute Gasteiger partial charge is 0.379 e. The SMILES string of the molecule is CNCC1(C2(c3ccc(SC)cc3)COC2)CC1. The van der Waals surface area contributed by atoms with Gasteiger partial charge in [-0.1, -0.05) is 12.1 Å². The quantitative estimate of drug-likeness (QED) is 0.825. The van der Waals surface area contributed by atoms with Crippen LogP contribution in [0.3, 0.4) is 0 Å². The summed E-state index contributed by atoms with van der Waals surface area (Å²) in [5, 5.41) is 3.38. The normalized spacial score (nSPS) is 23.4. The predicted octanol–water partition coefficient (Wildman–Crippen LogP) is 2.68. The summed E-state index contributed by atoms with van der Waals surface area (Å²) in [6.45, 7) is 2.90. The van der Waals surface area contributed by atoms with Crippen LogP contribution in [0.5, 0.6) is 0 Å². The predicted molar refractivity (Wildman–Crippen MR) is 76.3 cm³/mol. The molecule has 0 spiro atoms. The molecular weight excluding hydrogens is 242 g/mol. The maximum absolute atomic E-state index is 5.59. The third-order valence-electron chi connectivity index (χ3n) is 4.72. The van der Waals surface area contributed by atoms with Gasteiger partial charge in [-0.15, -0.1) is 11.8 Å². The highest BCUT2D eigenvalue weighted by Crippen LogP contribution is 2.62. The van der Waals surface area contributed by atoms with Crippen LogP contribution in [-0.2, 0) is 10.2 Å². The third-order valence-corrected chi connectivity index (χ3v) is 5.47. The van der Waals surface area contributed by atoms with Crippen LogP contribution in [0.25, 0.3) is 0 Å². The van der Waals surface area contributed by atoms with Crippen molar-refractivity contribution >= 4 is 11.8 Å². The highest BCUT2D eigenvalue weighted by Gasteiger charge is 2.62. The van der Waals surface area contributed by atoms with Gasteiger partial charge >= 0.3 is 0 Å². The zero-order valence-electron chi connectivity index (χ0n) is 11.2. The van der Waals surface area contributed by atoms with E-state index in [1.807, 2.05) is 0 Å². The second-order valence-corrected chi connectivity index (χ2v) is 6.49. The summed E-state index contributed by atoms with van der Waals surface area (Å²) in [6.07, 6.45) is 4.80. The lowest BCUT2D eigenvalue weighted by atomic mass is 9.66. The zero-order valence-corrected chi connectivity index (χ0v) is 12.0. The van der Waals surface area contributed by atoms with E-state index in [0.717, 1.165) is 19.8 Å². The molecule has 0 amide bonds. The highest BCUT2D eigenvalue weighted by molar-refractivity contribution is 7.98. The molecule has 0 atom stereocenters. The minimum Gasteiger partial charge on any atom is -0.379 e. The van der Waals surface area contributed by atoms with Crippen molar-refractivity contribution in [2.24, 2.45) is 5.41 Å². The van der Waals surface area contributed by atoms with E-state index in [9.17, 15) is 0 Å². The fraction of sp³-hybridized carbons (Fsp3) is 0.600. The first-order chi connectivity index (χ1) is 8.76. The average Bonchev–Trinajstić information content (AvgIpc) is 3.10. The fourth-order valence-electron chi connectivity index (χ4n) is 3.31. The molecule has 3 rings (SSSR count). The smallest absolute Gasteiger partial charge is 0.0591 e. The minimum atomic E-state index is 0.271. The van der Waals surface area contributed by atoms with Crippen LogP contribution in [-0.4, -0.2) is 33.1 Å². The molecule has 1 aliphatic heterocycles. The van der Waals surface area contributed by atoms with Crippen LogP contribution in [0.1, 0.15) is 18.4 Å². The van der Waals surface area contributed by atoms with Crippen LogP contribution < -0.4 is 5.32 Å². The summed E-state index contributed by atoms with van der Waals surface area (Å²) in [6, 6.07) is 9.11. The van der Waals surface area contributed by atoms with Crippen LogP contribution in [0.4, 0.5) is 0 Å². The van der Waals surface area contributed by atoms with E-state index < -0.39 is 0 Å². The second-order valence-electron chi connectivity index (χ2n) is 5.61. The number of thioether (sulfide) groups is 1. The molecule has 1 aromatic rings. The molecule has 2 aliphatic rings. The van der Waals surface area contributed by atoms with E-state index in [1.54, 1.807) is 11.8 Å². The molecule has 3 heteroatoms. The van der Waals surface area contributed by atoms with Crippen molar-refractivity contribution in [1.82, 2.24) is 5.32 Å². The van der Waals surface area contributed by atoms with Crippen molar-refractivity contribution in [2.45, 2.75) is 23.2 Å². The number of rotatable bonds is 5. The molecule has 18 heavy (non-hydrogen) atoms. The number of nitrogens with one attached hydrogen (secondary N) is 1. The molecule has 0 radical (unpaired) electrons. The Morgan fingerprint density at radius 2 is 1.89 bits per heavy atom. The summed E-state index contributed by atoms with van der Waals surface area (Å²) < 4.78 is 5.59. The number of hydrogen-bond donors (Lipinski definition) is 1. The molecule has 98 valence electrons. The lowest BCUT2D eigenvalue weighted by Crippen LogP contribution is -2.56. The molecule has 2 fully saturated rings. The summed E-state index contributed by atoms with van der Waals surface area (Å²) in [5.74, 6) is 0. The molecule has 1 saturated heterocycles.